The molecule has 1 fully saturated rings. The summed E-state index contributed by atoms with van der Waals surface area (Å²) < 4.78 is 0. The van der Waals surface area contributed by atoms with Crippen LogP contribution in [0.5, 0.6) is 0 Å². The number of carbonyl (C=O) groups excluding carboxylic acids is 1. The fourth-order valence-electron chi connectivity index (χ4n) is 2.23. The van der Waals surface area contributed by atoms with Gasteiger partial charge in [-0.2, -0.15) is 0 Å². The van der Waals surface area contributed by atoms with Gasteiger partial charge in [0.2, 0.25) is 0 Å². The van der Waals surface area contributed by atoms with Gasteiger partial charge in [-0.05, 0) is 25.3 Å². The monoisotopic (exact) mass is 326 g/mol. The summed E-state index contributed by atoms with van der Waals surface area (Å²) in [7, 11) is 0. The van der Waals surface area contributed by atoms with Gasteiger partial charge in [0.1, 0.15) is 0 Å². The summed E-state index contributed by atoms with van der Waals surface area (Å²) in [6, 6.07) is 4.42. The van der Waals surface area contributed by atoms with Gasteiger partial charge in [-0.1, -0.05) is 22.0 Å². The predicted molar refractivity (Wildman–Crippen MR) is 75.7 cm³/mol. The maximum absolute atomic E-state index is 12.4. The number of nitrogens with zero attached hydrogens (tertiary/aromatic N) is 2. The van der Waals surface area contributed by atoms with Crippen molar-refractivity contribution in [2.75, 3.05) is 13.1 Å². The molecular formula is C13H15BrN2O3. The van der Waals surface area contributed by atoms with Gasteiger partial charge in [-0.3, -0.25) is 14.9 Å². The molecule has 0 bridgehead atoms. The number of nitro groups is 1. The lowest BCUT2D eigenvalue weighted by molar-refractivity contribution is -0.384. The summed E-state index contributed by atoms with van der Waals surface area (Å²) in [5, 5.41) is 10.8. The van der Waals surface area contributed by atoms with Crippen molar-refractivity contribution in [3.8, 4) is 0 Å². The largest absolute Gasteiger partial charge is 0.338 e. The number of piperidine rings is 1. The topological polar surface area (TPSA) is 63.5 Å². The molecule has 19 heavy (non-hydrogen) atoms. The summed E-state index contributed by atoms with van der Waals surface area (Å²) in [5.41, 5.74) is 1.16. The molecule has 0 aromatic heterocycles. The molecule has 6 heteroatoms. The van der Waals surface area contributed by atoms with Gasteiger partial charge < -0.3 is 4.90 Å². The van der Waals surface area contributed by atoms with Crippen molar-refractivity contribution in [2.24, 2.45) is 0 Å². The fourth-order valence-corrected chi connectivity index (χ4v) is 2.91. The van der Waals surface area contributed by atoms with E-state index in [0.29, 0.717) is 23.5 Å². The quantitative estimate of drug-likeness (QED) is 0.477. The molecule has 1 saturated heterocycles. The Labute approximate surface area is 119 Å². The first-order valence-electron chi connectivity index (χ1n) is 6.17. The van der Waals surface area contributed by atoms with E-state index in [-0.39, 0.29) is 11.6 Å². The maximum Gasteiger partial charge on any atom is 0.270 e. The zero-order valence-corrected chi connectivity index (χ0v) is 12.2. The Bertz CT molecular complexity index is 519. The molecule has 1 aromatic rings. The highest BCUT2D eigenvalue weighted by Gasteiger charge is 2.25. The minimum absolute atomic E-state index is 0.0404. The molecule has 2 rings (SSSR count). The second-order valence-electron chi connectivity index (χ2n) is 4.75. The van der Waals surface area contributed by atoms with E-state index < -0.39 is 4.92 Å². The average molecular weight is 327 g/mol. The highest BCUT2D eigenvalue weighted by Crippen LogP contribution is 2.22. The van der Waals surface area contributed by atoms with Crippen LogP contribution in [0.2, 0.25) is 0 Å². The Morgan fingerprint density at radius 2 is 2.26 bits per heavy atom. The molecule has 0 saturated carbocycles. The van der Waals surface area contributed by atoms with Crippen molar-refractivity contribution in [1.29, 1.82) is 0 Å². The average Bonchev–Trinajstić information content (AvgIpc) is 2.38. The number of aryl methyl sites for hydroxylation is 1. The number of benzene rings is 1. The minimum atomic E-state index is -0.473. The fraction of sp³-hybridized carbons (Fsp3) is 0.462. The van der Waals surface area contributed by atoms with Gasteiger partial charge in [-0.25, -0.2) is 0 Å². The summed E-state index contributed by atoms with van der Waals surface area (Å²) in [6.07, 6.45) is 2.01. The van der Waals surface area contributed by atoms with E-state index in [9.17, 15) is 14.9 Å². The molecule has 1 unspecified atom stereocenters. The van der Waals surface area contributed by atoms with Crippen LogP contribution in [-0.4, -0.2) is 33.6 Å². The van der Waals surface area contributed by atoms with Gasteiger partial charge in [0, 0.05) is 35.6 Å². The van der Waals surface area contributed by atoms with Crippen molar-refractivity contribution in [1.82, 2.24) is 4.90 Å². The third kappa shape index (κ3) is 3.12. The van der Waals surface area contributed by atoms with Crippen molar-refractivity contribution < 1.29 is 9.72 Å². The first-order chi connectivity index (χ1) is 8.99. The van der Waals surface area contributed by atoms with Crippen LogP contribution in [0.4, 0.5) is 5.69 Å². The number of hydrogen-bond acceptors (Lipinski definition) is 3. The van der Waals surface area contributed by atoms with E-state index >= 15 is 0 Å². The molecule has 0 aliphatic carbocycles. The number of likely N-dealkylation sites (tertiary alicyclic amines) is 1. The molecule has 1 atom stereocenters. The minimum Gasteiger partial charge on any atom is -0.338 e. The van der Waals surface area contributed by atoms with E-state index in [4.69, 9.17) is 0 Å². The normalized spacial score (nSPS) is 19.3. The third-order valence-corrected chi connectivity index (χ3v) is 4.06. The molecule has 1 aliphatic heterocycles. The van der Waals surface area contributed by atoms with Gasteiger partial charge >= 0.3 is 0 Å². The van der Waals surface area contributed by atoms with Gasteiger partial charge in [-0.15, -0.1) is 0 Å². The molecule has 102 valence electrons. The third-order valence-electron chi connectivity index (χ3n) is 3.31. The maximum atomic E-state index is 12.4. The zero-order chi connectivity index (χ0) is 14.0. The lowest BCUT2D eigenvalue weighted by Gasteiger charge is -2.30. The number of amides is 1. The van der Waals surface area contributed by atoms with Crippen LogP contribution in [0, 0.1) is 17.0 Å². The Kier molecular flexibility index (Phi) is 4.19. The van der Waals surface area contributed by atoms with Gasteiger partial charge in [0.15, 0.2) is 0 Å². The Balaban J connectivity index is 2.27. The van der Waals surface area contributed by atoms with Crippen molar-refractivity contribution in [2.45, 2.75) is 24.6 Å². The molecule has 1 amide bonds. The molecule has 1 aliphatic rings. The van der Waals surface area contributed by atoms with Crippen molar-refractivity contribution in [3.05, 3.63) is 39.4 Å². The lowest BCUT2D eigenvalue weighted by Crippen LogP contribution is -2.40. The molecule has 5 nitrogen and oxygen atoms in total. The van der Waals surface area contributed by atoms with E-state index in [2.05, 4.69) is 15.9 Å². The van der Waals surface area contributed by atoms with Crippen LogP contribution in [0.3, 0.4) is 0 Å². The van der Waals surface area contributed by atoms with Crippen LogP contribution in [0.25, 0.3) is 0 Å². The predicted octanol–water partition coefficient (Wildman–Crippen LogP) is 2.90. The van der Waals surface area contributed by atoms with Gasteiger partial charge in [0.05, 0.1) is 4.92 Å². The number of alkyl halides is 1. The van der Waals surface area contributed by atoms with Crippen molar-refractivity contribution in [3.63, 3.8) is 0 Å². The molecule has 1 aromatic carbocycles. The number of rotatable bonds is 2. The van der Waals surface area contributed by atoms with Crippen LogP contribution in [0.1, 0.15) is 28.8 Å². The lowest BCUT2D eigenvalue weighted by atomic mass is 10.0. The molecule has 0 radical (unpaired) electrons. The standard InChI is InChI=1S/C13H15BrN2O3/c1-9-4-5-11(16(18)19)7-12(9)13(17)15-6-2-3-10(14)8-15/h4-5,7,10H,2-3,6,8H2,1H3. The Morgan fingerprint density at radius 1 is 1.53 bits per heavy atom. The summed E-state index contributed by atoms with van der Waals surface area (Å²) >= 11 is 3.52. The summed E-state index contributed by atoms with van der Waals surface area (Å²) in [4.78, 5) is 24.8. The van der Waals surface area contributed by atoms with Crippen LogP contribution < -0.4 is 0 Å². The van der Waals surface area contributed by atoms with E-state index in [1.165, 1.54) is 12.1 Å². The Morgan fingerprint density at radius 3 is 2.89 bits per heavy atom. The molecule has 0 N–H and O–H groups in total. The first-order valence-corrected chi connectivity index (χ1v) is 7.09. The number of nitro benzene ring substituents is 1. The second kappa shape index (κ2) is 5.69. The number of halogens is 1. The number of hydrogen-bond donors (Lipinski definition) is 0. The second-order valence-corrected chi connectivity index (χ2v) is 6.04. The van der Waals surface area contributed by atoms with E-state index in [1.807, 2.05) is 0 Å². The van der Waals surface area contributed by atoms with Crippen molar-refractivity contribution >= 4 is 27.5 Å². The highest BCUT2D eigenvalue weighted by atomic mass is 79.9. The number of non-ortho nitro benzene ring substituents is 1. The van der Waals surface area contributed by atoms with Crippen LogP contribution in [0.15, 0.2) is 18.2 Å². The van der Waals surface area contributed by atoms with Crippen LogP contribution in [-0.2, 0) is 0 Å². The highest BCUT2D eigenvalue weighted by molar-refractivity contribution is 9.09. The summed E-state index contributed by atoms with van der Waals surface area (Å²) in [5.74, 6) is -0.120. The number of carbonyl (C=O) groups is 1. The van der Waals surface area contributed by atoms with Gasteiger partial charge in [0.25, 0.3) is 11.6 Å². The zero-order valence-electron chi connectivity index (χ0n) is 10.6. The molecular weight excluding hydrogens is 312 g/mol. The van der Waals surface area contributed by atoms with Crippen LogP contribution >= 0.6 is 15.9 Å². The van der Waals surface area contributed by atoms with E-state index in [0.717, 1.165) is 18.4 Å². The smallest absolute Gasteiger partial charge is 0.270 e. The molecule has 1 heterocycles. The molecule has 0 spiro atoms. The summed E-state index contributed by atoms with van der Waals surface area (Å²) in [6.45, 7) is 3.16. The first kappa shape index (κ1) is 14.0. The SMILES string of the molecule is Cc1ccc([N+](=O)[O-])cc1C(=O)N1CCCC(Br)C1. The Hall–Kier alpha value is -1.43. The van der Waals surface area contributed by atoms with E-state index in [1.54, 1.807) is 17.9 Å².